The lowest BCUT2D eigenvalue weighted by atomic mass is 10.2. The average Bonchev–Trinajstić information content (AvgIpc) is 2.32. The number of amides is 1. The molecule has 0 radical (unpaired) electrons. The zero-order chi connectivity index (χ0) is 13.1. The van der Waals surface area contributed by atoms with E-state index in [0.717, 1.165) is 44.1 Å². The molecule has 0 bridgehead atoms. The molecule has 0 spiro atoms. The van der Waals surface area contributed by atoms with Crippen LogP contribution in [0, 0.1) is 0 Å². The van der Waals surface area contributed by atoms with Crippen molar-refractivity contribution < 1.29 is 4.79 Å². The van der Waals surface area contributed by atoms with Gasteiger partial charge in [-0.2, -0.15) is 11.8 Å². The van der Waals surface area contributed by atoms with E-state index in [1.807, 2.05) is 11.8 Å². The molecule has 5 heteroatoms. The van der Waals surface area contributed by atoms with E-state index in [4.69, 9.17) is 5.73 Å². The highest BCUT2D eigenvalue weighted by molar-refractivity contribution is 7.99. The first-order chi connectivity index (χ1) is 8.15. The van der Waals surface area contributed by atoms with Crippen LogP contribution in [-0.2, 0) is 4.79 Å². The lowest BCUT2D eigenvalue weighted by Gasteiger charge is -2.20. The standard InChI is InChI=1S/C12H27N3OS/c1-4-15(5-2)9-8-14-11(12(13)16)7-10-17-6-3/h11,14H,4-10H2,1-3H3,(H2,13,16). The van der Waals surface area contributed by atoms with Crippen molar-refractivity contribution in [3.8, 4) is 0 Å². The Kier molecular flexibility index (Phi) is 10.7. The number of likely N-dealkylation sites (N-methyl/N-ethyl adjacent to an activating group) is 1. The molecule has 0 saturated carbocycles. The zero-order valence-electron chi connectivity index (χ0n) is 11.4. The van der Waals surface area contributed by atoms with Crippen molar-refractivity contribution >= 4 is 17.7 Å². The van der Waals surface area contributed by atoms with Gasteiger partial charge in [0.2, 0.25) is 5.91 Å². The Morgan fingerprint density at radius 3 is 2.47 bits per heavy atom. The number of primary amides is 1. The van der Waals surface area contributed by atoms with Gasteiger partial charge in [-0.25, -0.2) is 0 Å². The highest BCUT2D eigenvalue weighted by Crippen LogP contribution is 2.03. The number of rotatable bonds is 11. The Hall–Kier alpha value is -0.260. The lowest BCUT2D eigenvalue weighted by Crippen LogP contribution is -2.44. The first kappa shape index (κ1) is 16.7. The number of hydrogen-bond donors (Lipinski definition) is 2. The number of carbonyl (C=O) groups excluding carboxylic acids is 1. The van der Waals surface area contributed by atoms with Gasteiger partial charge >= 0.3 is 0 Å². The third-order valence-corrected chi connectivity index (χ3v) is 3.74. The molecule has 0 aromatic carbocycles. The van der Waals surface area contributed by atoms with Crippen LogP contribution in [0.4, 0.5) is 0 Å². The van der Waals surface area contributed by atoms with E-state index < -0.39 is 0 Å². The lowest BCUT2D eigenvalue weighted by molar-refractivity contribution is -0.120. The summed E-state index contributed by atoms with van der Waals surface area (Å²) in [5.74, 6) is 1.84. The minimum Gasteiger partial charge on any atom is -0.368 e. The summed E-state index contributed by atoms with van der Waals surface area (Å²) in [5.41, 5.74) is 5.38. The van der Waals surface area contributed by atoms with Crippen LogP contribution in [0.2, 0.25) is 0 Å². The fraction of sp³-hybridized carbons (Fsp3) is 0.917. The number of carbonyl (C=O) groups is 1. The van der Waals surface area contributed by atoms with Gasteiger partial charge in [0.1, 0.15) is 0 Å². The van der Waals surface area contributed by atoms with Crippen molar-refractivity contribution in [3.63, 3.8) is 0 Å². The van der Waals surface area contributed by atoms with E-state index in [-0.39, 0.29) is 11.9 Å². The van der Waals surface area contributed by atoms with Gasteiger partial charge < -0.3 is 16.0 Å². The molecule has 1 atom stereocenters. The summed E-state index contributed by atoms with van der Waals surface area (Å²) < 4.78 is 0. The largest absolute Gasteiger partial charge is 0.368 e. The number of hydrogen-bond acceptors (Lipinski definition) is 4. The molecule has 1 amide bonds. The molecule has 0 heterocycles. The number of nitrogens with one attached hydrogen (secondary N) is 1. The number of nitrogens with zero attached hydrogens (tertiary/aromatic N) is 1. The summed E-state index contributed by atoms with van der Waals surface area (Å²) in [7, 11) is 0. The summed E-state index contributed by atoms with van der Waals surface area (Å²) in [6.07, 6.45) is 0.825. The van der Waals surface area contributed by atoms with Crippen LogP contribution in [0.25, 0.3) is 0 Å². The Morgan fingerprint density at radius 1 is 1.35 bits per heavy atom. The highest BCUT2D eigenvalue weighted by Gasteiger charge is 2.13. The molecule has 0 aliphatic carbocycles. The minimum atomic E-state index is -0.235. The molecule has 0 aliphatic heterocycles. The third-order valence-electron chi connectivity index (χ3n) is 2.81. The molecule has 17 heavy (non-hydrogen) atoms. The minimum absolute atomic E-state index is 0.176. The van der Waals surface area contributed by atoms with Crippen LogP contribution in [0.1, 0.15) is 27.2 Å². The van der Waals surface area contributed by atoms with Gasteiger partial charge in [-0.1, -0.05) is 20.8 Å². The second-order valence-corrected chi connectivity index (χ2v) is 5.32. The van der Waals surface area contributed by atoms with Crippen molar-refractivity contribution in [3.05, 3.63) is 0 Å². The van der Waals surface area contributed by atoms with Gasteiger partial charge in [0.25, 0.3) is 0 Å². The molecule has 102 valence electrons. The average molecular weight is 261 g/mol. The summed E-state index contributed by atoms with van der Waals surface area (Å²) in [5, 5.41) is 3.25. The summed E-state index contributed by atoms with van der Waals surface area (Å²) in [6, 6.07) is -0.176. The molecule has 3 N–H and O–H groups in total. The normalized spacial score (nSPS) is 12.9. The van der Waals surface area contributed by atoms with Crippen LogP contribution >= 0.6 is 11.8 Å². The van der Waals surface area contributed by atoms with Crippen molar-refractivity contribution in [2.24, 2.45) is 5.73 Å². The molecule has 1 unspecified atom stereocenters. The summed E-state index contributed by atoms with van der Waals surface area (Å²) in [6.45, 7) is 10.3. The van der Waals surface area contributed by atoms with E-state index in [1.165, 1.54) is 0 Å². The van der Waals surface area contributed by atoms with E-state index in [2.05, 4.69) is 31.0 Å². The van der Waals surface area contributed by atoms with Gasteiger partial charge in [-0.05, 0) is 31.0 Å². The molecule has 4 nitrogen and oxygen atoms in total. The molecular weight excluding hydrogens is 234 g/mol. The highest BCUT2D eigenvalue weighted by atomic mass is 32.2. The SMILES string of the molecule is CCSCCC(NCCN(CC)CC)C(N)=O. The van der Waals surface area contributed by atoms with Gasteiger partial charge in [-0.3, -0.25) is 4.79 Å². The van der Waals surface area contributed by atoms with Crippen LogP contribution in [0.3, 0.4) is 0 Å². The summed E-state index contributed by atoms with van der Waals surface area (Å²) >= 11 is 1.84. The van der Waals surface area contributed by atoms with E-state index in [1.54, 1.807) is 0 Å². The predicted molar refractivity (Wildman–Crippen MR) is 76.4 cm³/mol. The number of thioether (sulfide) groups is 1. The van der Waals surface area contributed by atoms with Crippen LogP contribution in [0.15, 0.2) is 0 Å². The second kappa shape index (κ2) is 10.9. The molecular formula is C12H27N3OS. The molecule has 0 fully saturated rings. The van der Waals surface area contributed by atoms with Crippen molar-refractivity contribution in [1.29, 1.82) is 0 Å². The zero-order valence-corrected chi connectivity index (χ0v) is 12.2. The Labute approximate surface area is 110 Å². The smallest absolute Gasteiger partial charge is 0.234 e. The fourth-order valence-electron chi connectivity index (χ4n) is 1.63. The van der Waals surface area contributed by atoms with Crippen LogP contribution in [-0.4, -0.2) is 54.5 Å². The van der Waals surface area contributed by atoms with Crippen LogP contribution < -0.4 is 11.1 Å². The van der Waals surface area contributed by atoms with Crippen molar-refractivity contribution in [2.45, 2.75) is 33.2 Å². The van der Waals surface area contributed by atoms with E-state index >= 15 is 0 Å². The first-order valence-electron chi connectivity index (χ1n) is 6.48. The quantitative estimate of drug-likeness (QED) is 0.543. The Balaban J connectivity index is 3.80. The molecule has 0 aliphatic rings. The molecule has 0 aromatic rings. The molecule has 0 aromatic heterocycles. The summed E-state index contributed by atoms with van der Waals surface area (Å²) in [4.78, 5) is 13.6. The van der Waals surface area contributed by atoms with Crippen molar-refractivity contribution in [1.82, 2.24) is 10.2 Å². The number of nitrogens with two attached hydrogens (primary N) is 1. The van der Waals surface area contributed by atoms with Gasteiger partial charge in [0, 0.05) is 13.1 Å². The Bertz CT molecular complexity index is 198. The van der Waals surface area contributed by atoms with E-state index in [9.17, 15) is 4.79 Å². The molecule has 0 saturated heterocycles. The van der Waals surface area contributed by atoms with Crippen LogP contribution in [0.5, 0.6) is 0 Å². The second-order valence-electron chi connectivity index (χ2n) is 3.92. The fourth-order valence-corrected chi connectivity index (χ4v) is 2.32. The van der Waals surface area contributed by atoms with Gasteiger partial charge in [-0.15, -0.1) is 0 Å². The Morgan fingerprint density at radius 2 is 2.00 bits per heavy atom. The maximum Gasteiger partial charge on any atom is 0.234 e. The van der Waals surface area contributed by atoms with E-state index in [0.29, 0.717) is 0 Å². The van der Waals surface area contributed by atoms with Gasteiger partial charge in [0.15, 0.2) is 0 Å². The topological polar surface area (TPSA) is 58.4 Å². The van der Waals surface area contributed by atoms with Crippen molar-refractivity contribution in [2.75, 3.05) is 37.7 Å². The first-order valence-corrected chi connectivity index (χ1v) is 7.63. The third kappa shape index (κ3) is 8.46. The maximum atomic E-state index is 11.2. The van der Waals surface area contributed by atoms with Gasteiger partial charge in [0.05, 0.1) is 6.04 Å². The monoisotopic (exact) mass is 261 g/mol. The molecule has 0 rings (SSSR count). The maximum absolute atomic E-state index is 11.2. The predicted octanol–water partition coefficient (Wildman–Crippen LogP) is 0.915.